The number of aromatic amines is 1. The van der Waals surface area contributed by atoms with Gasteiger partial charge in [-0.1, -0.05) is 36.6 Å². The first-order chi connectivity index (χ1) is 20.2. The van der Waals surface area contributed by atoms with E-state index in [0.29, 0.717) is 59.9 Å². The summed E-state index contributed by atoms with van der Waals surface area (Å²) in [6.07, 6.45) is 2.83. The molecule has 0 bridgehead atoms. The zero-order valence-electron chi connectivity index (χ0n) is 23.8. The topological polar surface area (TPSA) is 138 Å². The Morgan fingerprint density at radius 3 is 2.45 bits per heavy atom. The second-order valence-electron chi connectivity index (χ2n) is 10.2. The molecule has 0 radical (unpaired) electrons. The van der Waals surface area contributed by atoms with Crippen molar-refractivity contribution < 1.29 is 19.1 Å². The number of halogens is 1. The molecule has 1 atom stereocenters. The second kappa shape index (κ2) is 14.4. The standard InChI is InChI=1S/C32H36ClN5O4/c1-20-24(25-18-23(42-2)16-17-27(25)35-20)19-31(40)38-29(32(41)36-22-14-12-21(33)13-15-22)10-4-3-5-11-30(39)37-28-9-7-6-8-26(28)34/h6-9,12-18,29,35H,3-5,10-11,19,34H2,1-2H3,(H,36,41)(H,37,39)(H,38,40)/t29-/m0/s1. The molecule has 3 amide bonds. The van der Waals surface area contributed by atoms with Crippen LogP contribution in [0.25, 0.3) is 10.9 Å². The van der Waals surface area contributed by atoms with Crippen molar-refractivity contribution in [2.45, 2.75) is 51.5 Å². The van der Waals surface area contributed by atoms with Gasteiger partial charge in [-0.15, -0.1) is 0 Å². The van der Waals surface area contributed by atoms with Crippen molar-refractivity contribution in [2.75, 3.05) is 23.5 Å². The molecular weight excluding hydrogens is 554 g/mol. The van der Waals surface area contributed by atoms with Gasteiger partial charge in [-0.3, -0.25) is 14.4 Å². The number of rotatable bonds is 13. The highest BCUT2D eigenvalue weighted by molar-refractivity contribution is 6.30. The van der Waals surface area contributed by atoms with Crippen LogP contribution >= 0.6 is 11.6 Å². The number of nitrogens with two attached hydrogens (primary N) is 1. The van der Waals surface area contributed by atoms with Crippen LogP contribution in [0, 0.1) is 6.92 Å². The van der Waals surface area contributed by atoms with Crippen LogP contribution < -0.4 is 26.4 Å². The predicted molar refractivity (Wildman–Crippen MR) is 168 cm³/mol. The average molecular weight is 590 g/mol. The van der Waals surface area contributed by atoms with Crippen LogP contribution in [-0.4, -0.2) is 35.9 Å². The third-order valence-electron chi connectivity index (χ3n) is 7.06. The summed E-state index contributed by atoms with van der Waals surface area (Å²) in [6.45, 7) is 1.92. The Morgan fingerprint density at radius 2 is 1.71 bits per heavy atom. The van der Waals surface area contributed by atoms with Gasteiger partial charge in [0.05, 0.1) is 24.9 Å². The molecule has 0 spiro atoms. The van der Waals surface area contributed by atoms with E-state index in [1.165, 1.54) is 0 Å². The van der Waals surface area contributed by atoms with Gasteiger partial charge in [-0.05, 0) is 79.9 Å². The number of ether oxygens (including phenoxy) is 1. The number of aromatic nitrogens is 1. The van der Waals surface area contributed by atoms with Crippen LogP contribution in [0.5, 0.6) is 5.75 Å². The number of nitrogens with one attached hydrogen (secondary N) is 4. The maximum Gasteiger partial charge on any atom is 0.246 e. The number of fused-ring (bicyclic) bond motifs is 1. The largest absolute Gasteiger partial charge is 0.497 e. The molecular formula is C32H36ClN5O4. The van der Waals surface area contributed by atoms with Crippen molar-refractivity contribution in [3.63, 3.8) is 0 Å². The molecule has 1 aromatic heterocycles. The first-order valence-electron chi connectivity index (χ1n) is 13.9. The highest BCUT2D eigenvalue weighted by atomic mass is 35.5. The molecule has 0 unspecified atom stereocenters. The van der Waals surface area contributed by atoms with E-state index in [4.69, 9.17) is 22.1 Å². The van der Waals surface area contributed by atoms with Gasteiger partial charge in [0, 0.05) is 33.7 Å². The lowest BCUT2D eigenvalue weighted by molar-refractivity contribution is -0.126. The minimum atomic E-state index is -0.758. The smallest absolute Gasteiger partial charge is 0.246 e. The van der Waals surface area contributed by atoms with E-state index in [-0.39, 0.29) is 24.1 Å². The summed E-state index contributed by atoms with van der Waals surface area (Å²) < 4.78 is 5.36. The molecule has 220 valence electrons. The third-order valence-corrected chi connectivity index (χ3v) is 7.31. The Hall–Kier alpha value is -4.50. The number of H-pyrrole nitrogens is 1. The van der Waals surface area contributed by atoms with Gasteiger partial charge in [-0.25, -0.2) is 0 Å². The molecule has 6 N–H and O–H groups in total. The van der Waals surface area contributed by atoms with Crippen LogP contribution in [0.3, 0.4) is 0 Å². The molecule has 1 heterocycles. The predicted octanol–water partition coefficient (Wildman–Crippen LogP) is 5.98. The fraction of sp³-hybridized carbons (Fsp3) is 0.281. The van der Waals surface area contributed by atoms with Crippen LogP contribution in [0.4, 0.5) is 17.1 Å². The summed E-state index contributed by atoms with van der Waals surface area (Å²) in [4.78, 5) is 42.1. The number of carbonyl (C=O) groups is 3. The number of unbranched alkanes of at least 4 members (excludes halogenated alkanes) is 2. The van der Waals surface area contributed by atoms with E-state index in [1.807, 2.05) is 37.3 Å². The molecule has 4 aromatic rings. The summed E-state index contributed by atoms with van der Waals surface area (Å²) >= 11 is 5.98. The van der Waals surface area contributed by atoms with Gasteiger partial charge in [-0.2, -0.15) is 0 Å². The molecule has 3 aromatic carbocycles. The van der Waals surface area contributed by atoms with Crippen LogP contribution in [0.2, 0.25) is 5.02 Å². The number of para-hydroxylation sites is 2. The zero-order chi connectivity index (χ0) is 30.1. The van der Waals surface area contributed by atoms with E-state index >= 15 is 0 Å². The quantitative estimate of drug-likeness (QED) is 0.0965. The number of amides is 3. The van der Waals surface area contributed by atoms with Gasteiger partial charge in [0.25, 0.3) is 0 Å². The number of anilines is 3. The second-order valence-corrected chi connectivity index (χ2v) is 10.6. The fourth-order valence-electron chi connectivity index (χ4n) is 4.79. The Labute approximate surface area is 250 Å². The van der Waals surface area contributed by atoms with Crippen molar-refractivity contribution in [1.82, 2.24) is 10.3 Å². The average Bonchev–Trinajstić information content (AvgIpc) is 3.28. The number of aryl methyl sites for hydroxylation is 1. The third kappa shape index (κ3) is 8.27. The number of methoxy groups -OCH3 is 1. The lowest BCUT2D eigenvalue weighted by atomic mass is 10.0. The van der Waals surface area contributed by atoms with E-state index < -0.39 is 6.04 Å². The summed E-state index contributed by atoms with van der Waals surface area (Å²) in [7, 11) is 1.60. The minimum Gasteiger partial charge on any atom is -0.497 e. The maximum atomic E-state index is 13.2. The Balaban J connectivity index is 1.36. The Kier molecular flexibility index (Phi) is 10.4. The van der Waals surface area contributed by atoms with Gasteiger partial charge >= 0.3 is 0 Å². The summed E-state index contributed by atoms with van der Waals surface area (Å²) in [5.74, 6) is -0.00792. The molecule has 4 rings (SSSR count). The molecule has 0 aliphatic carbocycles. The van der Waals surface area contributed by atoms with Crippen LogP contribution in [0.1, 0.15) is 43.4 Å². The molecule has 10 heteroatoms. The maximum absolute atomic E-state index is 13.2. The molecule has 0 aliphatic heterocycles. The lowest BCUT2D eigenvalue weighted by Gasteiger charge is -2.19. The summed E-state index contributed by atoms with van der Waals surface area (Å²) in [6, 6.07) is 18.8. The van der Waals surface area contributed by atoms with Gasteiger partial charge < -0.3 is 31.4 Å². The van der Waals surface area contributed by atoms with Crippen LogP contribution in [-0.2, 0) is 20.8 Å². The van der Waals surface area contributed by atoms with E-state index in [0.717, 1.165) is 22.2 Å². The molecule has 0 saturated heterocycles. The molecule has 9 nitrogen and oxygen atoms in total. The van der Waals surface area contributed by atoms with Crippen molar-refractivity contribution in [3.05, 3.63) is 83.0 Å². The number of carbonyl (C=O) groups excluding carboxylic acids is 3. The van der Waals surface area contributed by atoms with Crippen molar-refractivity contribution in [2.24, 2.45) is 0 Å². The fourth-order valence-corrected chi connectivity index (χ4v) is 4.91. The van der Waals surface area contributed by atoms with Crippen molar-refractivity contribution in [1.29, 1.82) is 0 Å². The summed E-state index contributed by atoms with van der Waals surface area (Å²) in [5.41, 5.74) is 10.2. The number of hydrogen-bond acceptors (Lipinski definition) is 5. The van der Waals surface area contributed by atoms with Gasteiger partial charge in [0.15, 0.2) is 0 Å². The number of hydrogen-bond donors (Lipinski definition) is 5. The first-order valence-corrected chi connectivity index (χ1v) is 14.3. The van der Waals surface area contributed by atoms with Crippen molar-refractivity contribution in [3.8, 4) is 5.75 Å². The number of benzene rings is 3. The first kappa shape index (κ1) is 30.5. The molecule has 0 aliphatic rings. The monoisotopic (exact) mass is 589 g/mol. The van der Waals surface area contributed by atoms with E-state index in [2.05, 4.69) is 20.9 Å². The molecule has 0 fully saturated rings. The van der Waals surface area contributed by atoms with Crippen molar-refractivity contribution >= 4 is 57.3 Å². The van der Waals surface area contributed by atoms with Crippen LogP contribution in [0.15, 0.2) is 66.7 Å². The highest BCUT2D eigenvalue weighted by Gasteiger charge is 2.22. The zero-order valence-corrected chi connectivity index (χ0v) is 24.5. The highest BCUT2D eigenvalue weighted by Crippen LogP contribution is 2.27. The minimum absolute atomic E-state index is 0.104. The summed E-state index contributed by atoms with van der Waals surface area (Å²) in [5, 5.41) is 10.1. The molecule has 42 heavy (non-hydrogen) atoms. The van der Waals surface area contributed by atoms with E-state index in [1.54, 1.807) is 43.5 Å². The normalized spacial score (nSPS) is 11.6. The van der Waals surface area contributed by atoms with E-state index in [9.17, 15) is 14.4 Å². The van der Waals surface area contributed by atoms with Gasteiger partial charge in [0.2, 0.25) is 17.7 Å². The lowest BCUT2D eigenvalue weighted by Crippen LogP contribution is -2.44. The molecule has 0 saturated carbocycles. The number of nitrogen functional groups attached to an aromatic ring is 1. The SMILES string of the molecule is COc1ccc2[nH]c(C)c(CC(=O)N[C@@H](CCCCCC(=O)Nc3ccccc3N)C(=O)Nc3ccc(Cl)cc3)c2c1. The van der Waals surface area contributed by atoms with Gasteiger partial charge in [0.1, 0.15) is 11.8 Å². The Morgan fingerprint density at radius 1 is 0.952 bits per heavy atom. The Bertz CT molecular complexity index is 1550.